The van der Waals surface area contributed by atoms with Crippen molar-refractivity contribution in [3.05, 3.63) is 34.9 Å². The van der Waals surface area contributed by atoms with Crippen molar-refractivity contribution in [2.24, 2.45) is 0 Å². The van der Waals surface area contributed by atoms with Gasteiger partial charge in [-0.15, -0.1) is 5.10 Å². The number of nitrogen functional groups attached to an aromatic ring is 1. The molecule has 1 aromatic carbocycles. The van der Waals surface area contributed by atoms with E-state index in [9.17, 15) is 9.59 Å². The minimum absolute atomic E-state index is 0.0399. The molecule has 10 heteroatoms. The van der Waals surface area contributed by atoms with E-state index < -0.39 is 11.8 Å². The van der Waals surface area contributed by atoms with E-state index in [-0.39, 0.29) is 11.7 Å². The second-order valence-corrected chi connectivity index (χ2v) is 5.18. The number of nitrogens with one attached hydrogen (secondary N) is 3. The molecule has 5 N–H and O–H groups in total. The zero-order valence-electron chi connectivity index (χ0n) is 10.6. The summed E-state index contributed by atoms with van der Waals surface area (Å²) in [4.78, 5) is 27.1. The normalized spacial score (nSPS) is 10.1. The average Bonchev–Trinajstić information content (AvgIpc) is 2.89. The first-order chi connectivity index (χ1) is 10.0. The summed E-state index contributed by atoms with van der Waals surface area (Å²) in [5.41, 5.74) is 10.3. The number of nitrogens with two attached hydrogens (primary N) is 1. The lowest BCUT2D eigenvalue weighted by molar-refractivity contribution is -0.119. The zero-order valence-corrected chi connectivity index (χ0v) is 12.2. The largest absolute Gasteiger partial charge is 0.368 e. The molecule has 0 spiro atoms. The van der Waals surface area contributed by atoms with Gasteiger partial charge in [0.05, 0.1) is 5.75 Å². The topological polar surface area (TPSA) is 126 Å². The zero-order chi connectivity index (χ0) is 15.2. The van der Waals surface area contributed by atoms with E-state index in [1.54, 1.807) is 24.3 Å². The molecule has 0 bridgehead atoms. The number of aromatic nitrogens is 3. The predicted molar refractivity (Wildman–Crippen MR) is 78.6 cm³/mol. The smallest absolute Gasteiger partial charge is 0.269 e. The molecule has 0 saturated heterocycles. The van der Waals surface area contributed by atoms with Crippen LogP contribution in [0.1, 0.15) is 10.4 Å². The van der Waals surface area contributed by atoms with Crippen LogP contribution in [0.25, 0.3) is 0 Å². The Bertz CT molecular complexity index is 644. The first-order valence-electron chi connectivity index (χ1n) is 5.70. The molecule has 0 unspecified atom stereocenters. The van der Waals surface area contributed by atoms with E-state index >= 15 is 0 Å². The van der Waals surface area contributed by atoms with Gasteiger partial charge in [-0.2, -0.15) is 4.98 Å². The van der Waals surface area contributed by atoms with Gasteiger partial charge in [-0.05, 0) is 24.3 Å². The summed E-state index contributed by atoms with van der Waals surface area (Å²) in [6, 6.07) is 6.27. The highest BCUT2D eigenvalue weighted by molar-refractivity contribution is 7.99. The number of carbonyl (C=O) groups is 2. The van der Waals surface area contributed by atoms with Gasteiger partial charge in [0.25, 0.3) is 5.91 Å². The Balaban J connectivity index is 1.75. The number of aromatic amines is 1. The number of carbonyl (C=O) groups excluding carboxylic acids is 2. The van der Waals surface area contributed by atoms with Crippen LogP contribution >= 0.6 is 23.4 Å². The summed E-state index contributed by atoms with van der Waals surface area (Å²) in [7, 11) is 0. The lowest BCUT2D eigenvalue weighted by atomic mass is 10.2. The van der Waals surface area contributed by atoms with Gasteiger partial charge in [-0.1, -0.05) is 23.4 Å². The van der Waals surface area contributed by atoms with Crippen molar-refractivity contribution >= 4 is 41.1 Å². The lowest BCUT2D eigenvalue weighted by Gasteiger charge is -2.06. The number of amides is 2. The predicted octanol–water partition coefficient (Wildman–Crippen LogP) is 0.594. The molecule has 0 atom stereocenters. The minimum Gasteiger partial charge on any atom is -0.368 e. The van der Waals surface area contributed by atoms with Crippen molar-refractivity contribution in [3.8, 4) is 0 Å². The third kappa shape index (κ3) is 4.65. The number of H-pyrrole nitrogens is 1. The maximum atomic E-state index is 11.7. The number of hydrogen-bond donors (Lipinski definition) is 4. The number of nitrogens with zero attached hydrogens (tertiary/aromatic N) is 2. The first-order valence-corrected chi connectivity index (χ1v) is 7.06. The summed E-state index contributed by atoms with van der Waals surface area (Å²) in [5, 5.41) is 7.09. The Morgan fingerprint density at radius 2 is 2.00 bits per heavy atom. The van der Waals surface area contributed by atoms with Crippen LogP contribution in [0.4, 0.5) is 5.95 Å². The fourth-order valence-corrected chi connectivity index (χ4v) is 2.02. The molecule has 0 aliphatic carbocycles. The van der Waals surface area contributed by atoms with Gasteiger partial charge in [0.2, 0.25) is 17.0 Å². The van der Waals surface area contributed by atoms with E-state index in [0.29, 0.717) is 15.7 Å². The van der Waals surface area contributed by atoms with Gasteiger partial charge in [0.1, 0.15) is 0 Å². The van der Waals surface area contributed by atoms with Crippen LogP contribution in [0.5, 0.6) is 0 Å². The van der Waals surface area contributed by atoms with E-state index in [1.165, 1.54) is 0 Å². The van der Waals surface area contributed by atoms with Gasteiger partial charge in [-0.3, -0.25) is 20.4 Å². The number of hydrogen-bond acceptors (Lipinski definition) is 6. The Morgan fingerprint density at radius 1 is 1.29 bits per heavy atom. The van der Waals surface area contributed by atoms with Crippen LogP contribution in [0.15, 0.2) is 29.4 Å². The number of benzene rings is 1. The summed E-state index contributed by atoms with van der Waals surface area (Å²) in [5.74, 6) is -0.621. The molecular weight excluding hydrogens is 316 g/mol. The minimum atomic E-state index is -0.438. The maximum Gasteiger partial charge on any atom is 0.269 e. The fraction of sp³-hybridized carbons (Fsp3) is 0.0909. The quantitative estimate of drug-likeness (QED) is 0.481. The van der Waals surface area contributed by atoms with Crippen molar-refractivity contribution in [1.82, 2.24) is 26.0 Å². The summed E-state index contributed by atoms with van der Waals surface area (Å²) in [6.45, 7) is 0. The molecule has 0 saturated carbocycles. The molecule has 2 amide bonds. The van der Waals surface area contributed by atoms with Crippen LogP contribution < -0.4 is 16.6 Å². The number of rotatable bonds is 4. The van der Waals surface area contributed by atoms with E-state index in [4.69, 9.17) is 17.3 Å². The maximum absolute atomic E-state index is 11.7. The Kier molecular flexibility index (Phi) is 5.01. The fourth-order valence-electron chi connectivity index (χ4n) is 1.29. The van der Waals surface area contributed by atoms with Crippen LogP contribution in [0.3, 0.4) is 0 Å². The second-order valence-electron chi connectivity index (χ2n) is 3.80. The highest BCUT2D eigenvalue weighted by Gasteiger charge is 2.09. The first kappa shape index (κ1) is 15.1. The van der Waals surface area contributed by atoms with Crippen molar-refractivity contribution in [1.29, 1.82) is 0 Å². The average molecular weight is 327 g/mol. The molecule has 8 nitrogen and oxygen atoms in total. The van der Waals surface area contributed by atoms with Gasteiger partial charge < -0.3 is 5.73 Å². The van der Waals surface area contributed by atoms with Crippen molar-refractivity contribution < 1.29 is 9.59 Å². The van der Waals surface area contributed by atoms with Gasteiger partial charge in [-0.25, -0.2) is 5.10 Å². The highest BCUT2D eigenvalue weighted by Crippen LogP contribution is 2.12. The molecule has 0 radical (unpaired) electrons. The molecule has 2 aromatic rings. The molecule has 0 aliphatic rings. The Hall–Kier alpha value is -2.26. The summed E-state index contributed by atoms with van der Waals surface area (Å²) >= 11 is 6.80. The molecule has 2 rings (SSSR count). The molecule has 1 heterocycles. The van der Waals surface area contributed by atoms with Gasteiger partial charge in [0, 0.05) is 10.6 Å². The number of thioether (sulfide) groups is 1. The van der Waals surface area contributed by atoms with Crippen LogP contribution in [0.2, 0.25) is 5.02 Å². The lowest BCUT2D eigenvalue weighted by Crippen LogP contribution is -2.42. The van der Waals surface area contributed by atoms with Gasteiger partial charge >= 0.3 is 0 Å². The van der Waals surface area contributed by atoms with Crippen molar-refractivity contribution in [2.75, 3.05) is 11.5 Å². The number of anilines is 1. The van der Waals surface area contributed by atoms with Crippen molar-refractivity contribution in [2.45, 2.75) is 5.16 Å². The van der Waals surface area contributed by atoms with Crippen LogP contribution in [-0.4, -0.2) is 32.7 Å². The molecule has 0 aliphatic heterocycles. The number of hydrazine groups is 1. The third-order valence-electron chi connectivity index (χ3n) is 2.24. The molecule has 0 fully saturated rings. The molecule has 21 heavy (non-hydrogen) atoms. The molecular formula is C11H11ClN6O2S. The SMILES string of the molecule is Nc1nc(SCC(=O)NNC(=O)c2ccc(Cl)cc2)n[nH]1. The van der Waals surface area contributed by atoms with E-state index in [1.807, 2.05) is 0 Å². The highest BCUT2D eigenvalue weighted by atomic mass is 35.5. The third-order valence-corrected chi connectivity index (χ3v) is 3.34. The summed E-state index contributed by atoms with van der Waals surface area (Å²) in [6.07, 6.45) is 0. The summed E-state index contributed by atoms with van der Waals surface area (Å²) < 4.78 is 0. The van der Waals surface area contributed by atoms with E-state index in [2.05, 4.69) is 26.0 Å². The Labute approximate surface area is 128 Å². The second kappa shape index (κ2) is 6.95. The Morgan fingerprint density at radius 3 is 2.62 bits per heavy atom. The van der Waals surface area contributed by atoms with E-state index in [0.717, 1.165) is 11.8 Å². The monoisotopic (exact) mass is 326 g/mol. The molecule has 1 aromatic heterocycles. The van der Waals surface area contributed by atoms with Crippen LogP contribution in [-0.2, 0) is 4.79 Å². The standard InChI is InChI=1S/C11H11ClN6O2S/c12-7-3-1-6(2-4-7)9(20)16-15-8(19)5-21-11-14-10(13)17-18-11/h1-4H,5H2,(H,15,19)(H,16,20)(H3,13,14,17,18). The van der Waals surface area contributed by atoms with Crippen molar-refractivity contribution in [3.63, 3.8) is 0 Å². The number of halogens is 1. The van der Waals surface area contributed by atoms with Gasteiger partial charge in [0.15, 0.2) is 0 Å². The molecule has 110 valence electrons. The van der Waals surface area contributed by atoms with Crippen LogP contribution in [0, 0.1) is 0 Å².